The van der Waals surface area contributed by atoms with Gasteiger partial charge in [-0.05, 0) is 60.5 Å². The van der Waals surface area contributed by atoms with Crippen LogP contribution in [0.25, 0.3) is 0 Å². The Labute approximate surface area is 168 Å². The Morgan fingerprint density at radius 3 is 2.54 bits per heavy atom. The number of esters is 1. The number of ether oxygens (including phenoxy) is 3. The Bertz CT molecular complexity index is 914. The molecule has 3 aromatic rings. The Kier molecular flexibility index (Phi) is 6.87. The zero-order valence-corrected chi connectivity index (χ0v) is 16.2. The molecule has 5 nitrogen and oxygen atoms in total. The van der Waals surface area contributed by atoms with Gasteiger partial charge in [-0.25, -0.2) is 4.79 Å². The fourth-order valence-corrected chi connectivity index (χ4v) is 2.67. The summed E-state index contributed by atoms with van der Waals surface area (Å²) >= 11 is 5.90. The first-order chi connectivity index (χ1) is 13.6. The summed E-state index contributed by atoms with van der Waals surface area (Å²) < 4.78 is 16.4. The van der Waals surface area contributed by atoms with Crippen molar-refractivity contribution in [2.24, 2.45) is 0 Å². The van der Waals surface area contributed by atoms with Gasteiger partial charge in [-0.1, -0.05) is 29.8 Å². The van der Waals surface area contributed by atoms with Gasteiger partial charge in [0.2, 0.25) is 0 Å². The second kappa shape index (κ2) is 9.76. The van der Waals surface area contributed by atoms with Gasteiger partial charge in [-0.15, -0.1) is 0 Å². The molecule has 0 saturated heterocycles. The van der Waals surface area contributed by atoms with Crippen LogP contribution in [0.4, 0.5) is 0 Å². The summed E-state index contributed by atoms with van der Waals surface area (Å²) in [4.78, 5) is 16.1. The van der Waals surface area contributed by atoms with Gasteiger partial charge < -0.3 is 14.2 Å². The molecule has 3 rings (SSSR count). The first-order valence-electron chi connectivity index (χ1n) is 8.76. The quantitative estimate of drug-likeness (QED) is 0.513. The van der Waals surface area contributed by atoms with E-state index >= 15 is 0 Å². The molecule has 6 heteroatoms. The van der Waals surface area contributed by atoms with E-state index in [9.17, 15) is 4.79 Å². The molecule has 0 spiro atoms. The third-order valence-corrected chi connectivity index (χ3v) is 4.15. The van der Waals surface area contributed by atoms with E-state index in [4.69, 9.17) is 25.8 Å². The molecule has 0 atom stereocenters. The molecule has 0 amide bonds. The van der Waals surface area contributed by atoms with Crippen LogP contribution in [0.5, 0.6) is 11.5 Å². The topological polar surface area (TPSA) is 57.7 Å². The Hall–Kier alpha value is -3.05. The zero-order chi connectivity index (χ0) is 19.8. The summed E-state index contributed by atoms with van der Waals surface area (Å²) in [6.07, 6.45) is 1.73. The van der Waals surface area contributed by atoms with Crippen molar-refractivity contribution >= 4 is 17.6 Å². The number of benzene rings is 2. The Morgan fingerprint density at radius 1 is 1.00 bits per heavy atom. The van der Waals surface area contributed by atoms with E-state index in [1.807, 2.05) is 49.4 Å². The molecule has 0 N–H and O–H groups in total. The number of aryl methyl sites for hydroxylation is 1. The Morgan fingerprint density at radius 2 is 1.82 bits per heavy atom. The molecule has 0 aliphatic heterocycles. The van der Waals surface area contributed by atoms with E-state index in [0.29, 0.717) is 17.4 Å². The number of rotatable bonds is 8. The van der Waals surface area contributed by atoms with Gasteiger partial charge in [0, 0.05) is 11.2 Å². The number of halogens is 1. The Balaban J connectivity index is 1.42. The van der Waals surface area contributed by atoms with Crippen molar-refractivity contribution in [1.29, 1.82) is 0 Å². The van der Waals surface area contributed by atoms with Crippen molar-refractivity contribution in [3.63, 3.8) is 0 Å². The third-order valence-electron chi connectivity index (χ3n) is 3.92. The maximum Gasteiger partial charge on any atom is 0.344 e. The van der Waals surface area contributed by atoms with Crippen LogP contribution in [0.15, 0.2) is 66.9 Å². The number of hydrogen-bond donors (Lipinski definition) is 0. The van der Waals surface area contributed by atoms with Crippen LogP contribution in [0.3, 0.4) is 0 Å². The predicted molar refractivity (Wildman–Crippen MR) is 106 cm³/mol. The number of hydrogen-bond acceptors (Lipinski definition) is 5. The summed E-state index contributed by atoms with van der Waals surface area (Å²) in [7, 11) is 0. The van der Waals surface area contributed by atoms with Crippen LogP contribution < -0.4 is 9.47 Å². The second-order valence-corrected chi connectivity index (χ2v) is 6.55. The molecule has 28 heavy (non-hydrogen) atoms. The van der Waals surface area contributed by atoms with Crippen LogP contribution in [0, 0.1) is 6.92 Å². The smallest absolute Gasteiger partial charge is 0.344 e. The van der Waals surface area contributed by atoms with E-state index in [2.05, 4.69) is 4.98 Å². The molecule has 2 aromatic carbocycles. The number of nitrogens with zero attached hydrogens (tertiary/aromatic N) is 1. The average molecular weight is 398 g/mol. The highest BCUT2D eigenvalue weighted by atomic mass is 35.5. The molecular formula is C22H20ClNO4. The highest BCUT2D eigenvalue weighted by Crippen LogP contribution is 2.21. The van der Waals surface area contributed by atoms with Crippen LogP contribution in [0.1, 0.15) is 16.8 Å². The first kappa shape index (κ1) is 19.7. The highest BCUT2D eigenvalue weighted by Gasteiger charge is 2.07. The molecule has 0 aliphatic carbocycles. The molecule has 0 unspecified atom stereocenters. The van der Waals surface area contributed by atoms with E-state index in [1.54, 1.807) is 24.4 Å². The zero-order valence-electron chi connectivity index (χ0n) is 15.4. The van der Waals surface area contributed by atoms with Crippen LogP contribution in [-0.4, -0.2) is 17.6 Å². The summed E-state index contributed by atoms with van der Waals surface area (Å²) in [5.41, 5.74) is 2.58. The minimum atomic E-state index is -0.440. The van der Waals surface area contributed by atoms with Gasteiger partial charge in [0.25, 0.3) is 0 Å². The fourth-order valence-electron chi connectivity index (χ4n) is 2.44. The summed E-state index contributed by atoms with van der Waals surface area (Å²) in [5.74, 6) is 0.892. The van der Waals surface area contributed by atoms with Gasteiger partial charge in [0.05, 0.1) is 5.69 Å². The lowest BCUT2D eigenvalue weighted by atomic mass is 10.2. The predicted octanol–water partition coefficient (Wildman–Crippen LogP) is 4.74. The van der Waals surface area contributed by atoms with Gasteiger partial charge in [-0.2, -0.15) is 0 Å². The molecule has 1 aromatic heterocycles. The van der Waals surface area contributed by atoms with Crippen molar-refractivity contribution in [3.05, 3.63) is 88.7 Å². The number of carbonyl (C=O) groups is 1. The molecule has 0 saturated carbocycles. The van der Waals surface area contributed by atoms with Gasteiger partial charge in [0.15, 0.2) is 6.61 Å². The molecule has 0 fully saturated rings. The number of aromatic nitrogens is 1. The van der Waals surface area contributed by atoms with Crippen molar-refractivity contribution < 1.29 is 19.0 Å². The van der Waals surface area contributed by atoms with Crippen molar-refractivity contribution in [1.82, 2.24) is 4.98 Å². The lowest BCUT2D eigenvalue weighted by Gasteiger charge is -2.10. The molecular weight excluding hydrogens is 378 g/mol. The van der Waals surface area contributed by atoms with Crippen molar-refractivity contribution in [2.75, 3.05) is 6.61 Å². The van der Waals surface area contributed by atoms with E-state index in [-0.39, 0.29) is 13.2 Å². The average Bonchev–Trinajstić information content (AvgIpc) is 2.71. The van der Waals surface area contributed by atoms with Gasteiger partial charge in [0.1, 0.15) is 24.7 Å². The highest BCUT2D eigenvalue weighted by molar-refractivity contribution is 6.30. The van der Waals surface area contributed by atoms with Crippen LogP contribution in [-0.2, 0) is 22.7 Å². The minimum absolute atomic E-state index is 0.159. The monoisotopic (exact) mass is 397 g/mol. The number of pyridine rings is 1. The normalized spacial score (nSPS) is 10.4. The van der Waals surface area contributed by atoms with Crippen molar-refractivity contribution in [2.45, 2.75) is 20.1 Å². The summed E-state index contributed by atoms with van der Waals surface area (Å²) in [5, 5.41) is 0.625. The fraction of sp³-hybridized carbons (Fsp3) is 0.182. The maximum absolute atomic E-state index is 11.9. The summed E-state index contributed by atoms with van der Waals surface area (Å²) in [6.45, 7) is 2.27. The lowest BCUT2D eigenvalue weighted by Crippen LogP contribution is -2.15. The second-order valence-electron chi connectivity index (χ2n) is 6.11. The molecule has 1 heterocycles. The van der Waals surface area contributed by atoms with E-state index in [1.165, 1.54) is 0 Å². The molecule has 0 bridgehead atoms. The third kappa shape index (κ3) is 5.99. The maximum atomic E-state index is 11.9. The first-order valence-corrected chi connectivity index (χ1v) is 9.14. The molecule has 0 aliphatic rings. The molecule has 144 valence electrons. The molecule has 0 radical (unpaired) electrons. The summed E-state index contributed by atoms with van der Waals surface area (Å²) in [6, 6.07) is 18.3. The largest absolute Gasteiger partial charge is 0.487 e. The SMILES string of the molecule is Cc1cc(Cl)ccc1OCC(=O)OCc1ccc(OCc2ccccn2)cc1. The number of carbonyl (C=O) groups excluding carboxylic acids is 1. The van der Waals surface area contributed by atoms with E-state index in [0.717, 1.165) is 22.6 Å². The van der Waals surface area contributed by atoms with Gasteiger partial charge in [-0.3, -0.25) is 4.98 Å². The van der Waals surface area contributed by atoms with Crippen LogP contribution in [0.2, 0.25) is 5.02 Å². The minimum Gasteiger partial charge on any atom is -0.487 e. The van der Waals surface area contributed by atoms with Crippen LogP contribution >= 0.6 is 11.6 Å². The van der Waals surface area contributed by atoms with Gasteiger partial charge >= 0.3 is 5.97 Å². The lowest BCUT2D eigenvalue weighted by molar-refractivity contribution is -0.147. The van der Waals surface area contributed by atoms with E-state index < -0.39 is 5.97 Å². The standard InChI is InChI=1S/C22H20ClNO4/c1-16-12-18(23)7-10-21(16)27-15-22(25)28-13-17-5-8-20(9-6-17)26-14-19-4-2-3-11-24-19/h2-12H,13-15H2,1H3. The van der Waals surface area contributed by atoms with Crippen molar-refractivity contribution in [3.8, 4) is 11.5 Å².